The van der Waals surface area contributed by atoms with Crippen LogP contribution < -0.4 is 0 Å². The Morgan fingerprint density at radius 3 is 3.17 bits per heavy atom. The van der Waals surface area contributed by atoms with Crippen LogP contribution in [0.1, 0.15) is 23.8 Å². The first-order valence-corrected chi connectivity index (χ1v) is 5.07. The number of hydrogen-bond acceptors (Lipinski definition) is 3. The van der Waals surface area contributed by atoms with Crippen molar-refractivity contribution in [3.05, 3.63) is 22.4 Å². The van der Waals surface area contributed by atoms with Crippen LogP contribution in [0.25, 0.3) is 0 Å². The minimum atomic E-state index is -0.175. The second-order valence-electron chi connectivity index (χ2n) is 3.05. The summed E-state index contributed by atoms with van der Waals surface area (Å²) < 4.78 is 5.54. The number of aliphatic hydroxyl groups excluding tert-OH is 1. The molecule has 12 heavy (non-hydrogen) atoms. The highest BCUT2D eigenvalue weighted by Crippen LogP contribution is 2.30. The van der Waals surface area contributed by atoms with Gasteiger partial charge in [-0.15, -0.1) is 11.3 Å². The van der Waals surface area contributed by atoms with Crippen molar-refractivity contribution >= 4 is 11.3 Å². The SMILES string of the molecule is OC1CCOC(c2cccs2)C1. The highest BCUT2D eigenvalue weighted by molar-refractivity contribution is 7.10. The highest BCUT2D eigenvalue weighted by atomic mass is 32.1. The van der Waals surface area contributed by atoms with Crippen LogP contribution in [0.5, 0.6) is 0 Å². The third-order valence-corrected chi connectivity index (χ3v) is 3.08. The van der Waals surface area contributed by atoms with E-state index in [1.165, 1.54) is 4.88 Å². The van der Waals surface area contributed by atoms with Crippen LogP contribution in [0.15, 0.2) is 17.5 Å². The zero-order valence-corrected chi connectivity index (χ0v) is 7.59. The van der Waals surface area contributed by atoms with Gasteiger partial charge >= 0.3 is 0 Å². The van der Waals surface area contributed by atoms with E-state index in [9.17, 15) is 5.11 Å². The quantitative estimate of drug-likeness (QED) is 0.723. The average Bonchev–Trinajstić information content (AvgIpc) is 2.56. The van der Waals surface area contributed by atoms with E-state index in [0.29, 0.717) is 6.61 Å². The molecule has 2 unspecified atom stereocenters. The standard InChI is InChI=1S/C9H12O2S/c10-7-3-4-11-8(6-7)9-2-1-5-12-9/h1-2,5,7-8,10H,3-4,6H2. The van der Waals surface area contributed by atoms with E-state index in [2.05, 4.69) is 6.07 Å². The first kappa shape index (κ1) is 8.23. The van der Waals surface area contributed by atoms with Gasteiger partial charge in [0.05, 0.1) is 12.2 Å². The van der Waals surface area contributed by atoms with Gasteiger partial charge in [0.2, 0.25) is 0 Å². The molecule has 1 saturated heterocycles. The van der Waals surface area contributed by atoms with Crippen molar-refractivity contribution in [1.82, 2.24) is 0 Å². The molecule has 0 aliphatic carbocycles. The summed E-state index contributed by atoms with van der Waals surface area (Å²) in [5.74, 6) is 0. The Labute approximate surface area is 75.8 Å². The molecule has 3 heteroatoms. The first-order valence-electron chi connectivity index (χ1n) is 4.19. The molecule has 1 aromatic rings. The minimum Gasteiger partial charge on any atom is -0.393 e. The molecule has 2 nitrogen and oxygen atoms in total. The molecular weight excluding hydrogens is 172 g/mol. The molecular formula is C9H12O2S. The Kier molecular flexibility index (Phi) is 2.44. The third kappa shape index (κ3) is 1.68. The van der Waals surface area contributed by atoms with E-state index < -0.39 is 0 Å². The van der Waals surface area contributed by atoms with E-state index in [1.54, 1.807) is 11.3 Å². The molecule has 0 saturated carbocycles. The van der Waals surface area contributed by atoms with Crippen molar-refractivity contribution < 1.29 is 9.84 Å². The summed E-state index contributed by atoms with van der Waals surface area (Å²) in [7, 11) is 0. The molecule has 1 N–H and O–H groups in total. The molecule has 0 bridgehead atoms. The number of rotatable bonds is 1. The van der Waals surface area contributed by atoms with Gasteiger partial charge in [0.25, 0.3) is 0 Å². The Balaban J connectivity index is 2.04. The van der Waals surface area contributed by atoms with E-state index in [1.807, 2.05) is 11.4 Å². The smallest absolute Gasteiger partial charge is 0.0941 e. The van der Waals surface area contributed by atoms with Crippen molar-refractivity contribution in [3.8, 4) is 0 Å². The summed E-state index contributed by atoms with van der Waals surface area (Å²) in [6.45, 7) is 0.684. The number of ether oxygens (including phenoxy) is 1. The largest absolute Gasteiger partial charge is 0.393 e. The molecule has 66 valence electrons. The fourth-order valence-electron chi connectivity index (χ4n) is 1.45. The van der Waals surface area contributed by atoms with Gasteiger partial charge < -0.3 is 9.84 Å². The van der Waals surface area contributed by atoms with Crippen molar-refractivity contribution in [2.75, 3.05) is 6.61 Å². The average molecular weight is 184 g/mol. The Hall–Kier alpha value is -0.380. The van der Waals surface area contributed by atoms with Gasteiger partial charge in [0.15, 0.2) is 0 Å². The molecule has 2 rings (SSSR count). The topological polar surface area (TPSA) is 29.5 Å². The lowest BCUT2D eigenvalue weighted by molar-refractivity contribution is -0.0431. The zero-order valence-electron chi connectivity index (χ0n) is 6.77. The minimum absolute atomic E-state index is 0.133. The van der Waals surface area contributed by atoms with Gasteiger partial charge in [-0.25, -0.2) is 0 Å². The fourth-order valence-corrected chi connectivity index (χ4v) is 2.24. The third-order valence-electron chi connectivity index (χ3n) is 2.12. The second kappa shape index (κ2) is 3.56. The van der Waals surface area contributed by atoms with Crippen LogP contribution in [0.4, 0.5) is 0 Å². The van der Waals surface area contributed by atoms with Crippen molar-refractivity contribution in [2.24, 2.45) is 0 Å². The summed E-state index contributed by atoms with van der Waals surface area (Å²) in [4.78, 5) is 1.23. The summed E-state index contributed by atoms with van der Waals surface area (Å²) in [6.07, 6.45) is 1.49. The van der Waals surface area contributed by atoms with Crippen LogP contribution in [-0.4, -0.2) is 17.8 Å². The Bertz CT molecular complexity index is 233. The maximum absolute atomic E-state index is 9.40. The first-order chi connectivity index (χ1) is 5.86. The predicted molar refractivity (Wildman–Crippen MR) is 48.3 cm³/mol. The molecule has 1 aromatic heterocycles. The summed E-state index contributed by atoms with van der Waals surface area (Å²) in [5.41, 5.74) is 0. The number of thiophene rings is 1. The highest BCUT2D eigenvalue weighted by Gasteiger charge is 2.22. The predicted octanol–water partition coefficient (Wildman–Crippen LogP) is 1.96. The molecule has 1 fully saturated rings. The van der Waals surface area contributed by atoms with Crippen LogP contribution in [0, 0.1) is 0 Å². The fraction of sp³-hybridized carbons (Fsp3) is 0.556. The molecule has 1 aliphatic heterocycles. The van der Waals surface area contributed by atoms with Crippen LogP contribution in [0.3, 0.4) is 0 Å². The number of hydrogen-bond donors (Lipinski definition) is 1. The van der Waals surface area contributed by atoms with Crippen molar-refractivity contribution in [3.63, 3.8) is 0 Å². The van der Waals surface area contributed by atoms with Gasteiger partial charge in [-0.1, -0.05) is 6.07 Å². The summed E-state index contributed by atoms with van der Waals surface area (Å²) >= 11 is 1.70. The van der Waals surface area contributed by atoms with Crippen molar-refractivity contribution in [2.45, 2.75) is 25.0 Å². The number of aliphatic hydroxyl groups is 1. The monoisotopic (exact) mass is 184 g/mol. The Morgan fingerprint density at radius 1 is 1.58 bits per heavy atom. The van der Waals surface area contributed by atoms with E-state index in [-0.39, 0.29) is 12.2 Å². The Morgan fingerprint density at radius 2 is 2.50 bits per heavy atom. The van der Waals surface area contributed by atoms with E-state index >= 15 is 0 Å². The summed E-state index contributed by atoms with van der Waals surface area (Å²) in [6, 6.07) is 4.08. The summed E-state index contributed by atoms with van der Waals surface area (Å²) in [5, 5.41) is 11.4. The van der Waals surface area contributed by atoms with Gasteiger partial charge in [-0.05, 0) is 17.9 Å². The molecule has 0 radical (unpaired) electrons. The van der Waals surface area contributed by atoms with Crippen LogP contribution in [-0.2, 0) is 4.74 Å². The normalized spacial score (nSPS) is 30.4. The zero-order chi connectivity index (χ0) is 8.39. The molecule has 0 amide bonds. The second-order valence-corrected chi connectivity index (χ2v) is 4.03. The maximum atomic E-state index is 9.40. The molecule has 1 aliphatic rings. The molecule has 2 atom stereocenters. The van der Waals surface area contributed by atoms with Crippen LogP contribution >= 0.6 is 11.3 Å². The molecule has 2 heterocycles. The van der Waals surface area contributed by atoms with Crippen molar-refractivity contribution in [1.29, 1.82) is 0 Å². The lowest BCUT2D eigenvalue weighted by Crippen LogP contribution is -2.22. The van der Waals surface area contributed by atoms with Gasteiger partial charge in [0.1, 0.15) is 0 Å². The molecule has 0 spiro atoms. The molecule has 0 aromatic carbocycles. The van der Waals surface area contributed by atoms with Gasteiger partial charge in [0, 0.05) is 17.9 Å². The lowest BCUT2D eigenvalue weighted by Gasteiger charge is -2.25. The van der Waals surface area contributed by atoms with Gasteiger partial charge in [-0.3, -0.25) is 0 Å². The lowest BCUT2D eigenvalue weighted by atomic mass is 10.1. The van der Waals surface area contributed by atoms with E-state index in [4.69, 9.17) is 4.74 Å². The van der Waals surface area contributed by atoms with E-state index in [0.717, 1.165) is 12.8 Å². The maximum Gasteiger partial charge on any atom is 0.0941 e. The van der Waals surface area contributed by atoms with Crippen LogP contribution in [0.2, 0.25) is 0 Å². The van der Waals surface area contributed by atoms with Gasteiger partial charge in [-0.2, -0.15) is 0 Å².